The highest BCUT2D eigenvalue weighted by Crippen LogP contribution is 2.32. The van der Waals surface area contributed by atoms with E-state index in [4.69, 9.17) is 5.26 Å². The first-order valence-corrected chi connectivity index (χ1v) is 10.4. The molecule has 9 nitrogen and oxygen atoms in total. The van der Waals surface area contributed by atoms with Gasteiger partial charge in [-0.3, -0.25) is 4.79 Å². The molecular formula is C23H18FN7O2. The van der Waals surface area contributed by atoms with E-state index in [1.807, 2.05) is 11.0 Å². The molecule has 2 aromatic heterocycles. The van der Waals surface area contributed by atoms with Gasteiger partial charge in [0.15, 0.2) is 5.82 Å². The molecule has 0 spiro atoms. The molecule has 33 heavy (non-hydrogen) atoms. The quantitative estimate of drug-likeness (QED) is 0.632. The van der Waals surface area contributed by atoms with E-state index in [1.165, 1.54) is 22.9 Å². The summed E-state index contributed by atoms with van der Waals surface area (Å²) in [6, 6.07) is 11.6. The van der Waals surface area contributed by atoms with Gasteiger partial charge in [-0.15, -0.1) is 0 Å². The number of aromatic nitrogens is 3. The fourth-order valence-electron chi connectivity index (χ4n) is 4.30. The van der Waals surface area contributed by atoms with Crippen LogP contribution in [-0.4, -0.2) is 45.0 Å². The van der Waals surface area contributed by atoms with E-state index in [-0.39, 0.29) is 35.8 Å². The van der Waals surface area contributed by atoms with Crippen molar-refractivity contribution in [3.63, 3.8) is 0 Å². The Hall–Kier alpha value is -4.28. The first-order chi connectivity index (χ1) is 16.0. The minimum atomic E-state index is -0.776. The number of pyridine rings is 1. The summed E-state index contributed by atoms with van der Waals surface area (Å²) < 4.78 is 16.2. The zero-order valence-electron chi connectivity index (χ0n) is 17.4. The normalized spacial score (nSPS) is 19.5. The third-order valence-corrected chi connectivity index (χ3v) is 6.00. The molecule has 1 aromatic carbocycles. The zero-order valence-corrected chi connectivity index (χ0v) is 17.4. The summed E-state index contributed by atoms with van der Waals surface area (Å²) in [5.41, 5.74) is 1.64. The van der Waals surface area contributed by atoms with E-state index in [2.05, 4.69) is 21.5 Å². The van der Waals surface area contributed by atoms with Gasteiger partial charge < -0.3 is 15.3 Å². The van der Waals surface area contributed by atoms with Crippen LogP contribution in [0.3, 0.4) is 0 Å². The molecule has 3 aromatic rings. The number of piperidine rings is 1. The van der Waals surface area contributed by atoms with Crippen molar-refractivity contribution >= 4 is 11.7 Å². The maximum Gasteiger partial charge on any atom is 0.255 e. The van der Waals surface area contributed by atoms with Crippen LogP contribution in [-0.2, 0) is 6.54 Å². The third-order valence-electron chi connectivity index (χ3n) is 6.00. The summed E-state index contributed by atoms with van der Waals surface area (Å²) in [5, 5.41) is 36.1. The second-order valence-electron chi connectivity index (χ2n) is 7.96. The molecule has 0 radical (unpaired) electrons. The fourth-order valence-corrected chi connectivity index (χ4v) is 4.30. The number of β-amino-alcohol motifs (C(OH)–C–C–N with tert-alkyl or cyclic N) is 1. The van der Waals surface area contributed by atoms with Gasteiger partial charge in [0, 0.05) is 25.4 Å². The van der Waals surface area contributed by atoms with Crippen molar-refractivity contribution in [2.24, 2.45) is 5.92 Å². The summed E-state index contributed by atoms with van der Waals surface area (Å²) >= 11 is 0. The molecule has 1 fully saturated rings. The molecule has 2 N–H and O–H groups in total. The van der Waals surface area contributed by atoms with Crippen molar-refractivity contribution in [2.75, 3.05) is 18.0 Å². The Kier molecular flexibility index (Phi) is 5.00. The number of benzene rings is 1. The Morgan fingerprint density at radius 2 is 2.09 bits per heavy atom. The average molecular weight is 443 g/mol. The number of carbonyl (C=O) groups excluding carboxylic acids is 1. The lowest BCUT2D eigenvalue weighted by molar-refractivity contribution is 0.0965. The van der Waals surface area contributed by atoms with E-state index in [0.717, 1.165) is 0 Å². The largest absolute Gasteiger partial charge is 0.390 e. The molecule has 4 heterocycles. The van der Waals surface area contributed by atoms with Crippen LogP contribution in [0.15, 0.2) is 36.5 Å². The van der Waals surface area contributed by atoms with Gasteiger partial charge in [0.25, 0.3) is 5.91 Å². The van der Waals surface area contributed by atoms with E-state index in [1.54, 1.807) is 18.3 Å². The molecule has 0 bridgehead atoms. The molecule has 164 valence electrons. The van der Waals surface area contributed by atoms with Gasteiger partial charge in [-0.05, 0) is 24.6 Å². The van der Waals surface area contributed by atoms with Gasteiger partial charge in [-0.2, -0.15) is 15.6 Å². The van der Waals surface area contributed by atoms with Crippen molar-refractivity contribution in [1.29, 1.82) is 10.5 Å². The highest BCUT2D eigenvalue weighted by atomic mass is 19.1. The topological polar surface area (TPSA) is 131 Å². The van der Waals surface area contributed by atoms with Gasteiger partial charge >= 0.3 is 0 Å². The number of aliphatic hydroxyl groups excluding tert-OH is 1. The van der Waals surface area contributed by atoms with Crippen molar-refractivity contribution in [3.8, 4) is 29.1 Å². The maximum absolute atomic E-state index is 14.7. The van der Waals surface area contributed by atoms with Crippen LogP contribution in [0.5, 0.6) is 0 Å². The highest BCUT2D eigenvalue weighted by Gasteiger charge is 2.30. The van der Waals surface area contributed by atoms with Crippen molar-refractivity contribution in [2.45, 2.75) is 19.1 Å². The average Bonchev–Trinajstić information content (AvgIpc) is 3.46. The van der Waals surface area contributed by atoms with Crippen LogP contribution in [0.4, 0.5) is 10.2 Å². The number of hydrogen-bond acceptors (Lipinski definition) is 7. The summed E-state index contributed by atoms with van der Waals surface area (Å²) in [7, 11) is 0. The summed E-state index contributed by atoms with van der Waals surface area (Å²) in [6.45, 7) is 1.02. The number of nitriles is 2. The van der Waals surface area contributed by atoms with Crippen LogP contribution in [0.25, 0.3) is 16.9 Å². The number of nitrogens with zero attached hydrogens (tertiary/aromatic N) is 6. The molecule has 1 amide bonds. The summed E-state index contributed by atoms with van der Waals surface area (Å²) in [4.78, 5) is 18.9. The Bertz CT molecular complexity index is 1350. The molecule has 1 saturated heterocycles. The molecule has 0 unspecified atom stereocenters. The number of carbonyl (C=O) groups is 1. The minimum absolute atomic E-state index is 0.0671. The predicted molar refractivity (Wildman–Crippen MR) is 115 cm³/mol. The number of fused-ring (bicyclic) bond motifs is 1. The smallest absolute Gasteiger partial charge is 0.255 e. The number of anilines is 1. The lowest BCUT2D eigenvalue weighted by Gasteiger charge is -2.32. The Labute approximate surface area is 188 Å². The second-order valence-corrected chi connectivity index (χ2v) is 7.96. The van der Waals surface area contributed by atoms with Crippen LogP contribution < -0.4 is 10.2 Å². The van der Waals surface area contributed by atoms with Gasteiger partial charge in [0.05, 0.1) is 64.5 Å². The molecule has 2 aliphatic heterocycles. The van der Waals surface area contributed by atoms with E-state index in [9.17, 15) is 19.6 Å². The van der Waals surface area contributed by atoms with Crippen molar-refractivity contribution < 1.29 is 14.3 Å². The molecule has 2 atom stereocenters. The Morgan fingerprint density at radius 3 is 2.85 bits per heavy atom. The van der Waals surface area contributed by atoms with Gasteiger partial charge in [0.2, 0.25) is 0 Å². The Morgan fingerprint density at radius 1 is 1.24 bits per heavy atom. The number of aliphatic hydroxyl groups is 1. The Balaban J connectivity index is 1.58. The second kappa shape index (κ2) is 8.01. The highest BCUT2D eigenvalue weighted by molar-refractivity contribution is 6.01. The van der Waals surface area contributed by atoms with E-state index < -0.39 is 17.8 Å². The maximum atomic E-state index is 14.7. The van der Waals surface area contributed by atoms with E-state index in [0.29, 0.717) is 35.7 Å². The number of amides is 1. The van der Waals surface area contributed by atoms with Gasteiger partial charge in [-0.25, -0.2) is 14.1 Å². The molecular weight excluding hydrogens is 425 g/mol. The molecule has 10 heteroatoms. The summed E-state index contributed by atoms with van der Waals surface area (Å²) in [6.07, 6.45) is 1.42. The number of rotatable bonds is 3. The fraction of sp³-hybridized carbons (Fsp3) is 0.261. The molecule has 0 saturated carbocycles. The molecule has 5 rings (SSSR count). The van der Waals surface area contributed by atoms with Crippen LogP contribution in [0, 0.1) is 34.4 Å². The molecule has 2 aliphatic rings. The number of hydrogen-bond donors (Lipinski definition) is 2. The SMILES string of the molecule is N#Cc1cccc(F)c1-c1cc(-n2ccc(N3CC[C@@H](C#N)[C@H](O)C3)n2)c2c(n1)CNC2=O. The van der Waals surface area contributed by atoms with Gasteiger partial charge in [0.1, 0.15) is 5.82 Å². The van der Waals surface area contributed by atoms with E-state index >= 15 is 0 Å². The van der Waals surface area contributed by atoms with Crippen molar-refractivity contribution in [1.82, 2.24) is 20.1 Å². The molecule has 0 aliphatic carbocycles. The van der Waals surface area contributed by atoms with Crippen LogP contribution in [0.1, 0.15) is 28.0 Å². The number of nitrogens with one attached hydrogen (secondary N) is 1. The monoisotopic (exact) mass is 443 g/mol. The first-order valence-electron chi connectivity index (χ1n) is 10.4. The standard InChI is InChI=1S/C23H18FN7O2/c24-15-3-1-2-14(10-26)21(15)16-8-18(22-17(28-16)11-27-23(22)33)31-7-5-20(29-31)30-6-4-13(9-25)19(32)12-30/h1-3,5,7-8,13,19,32H,4,6,11-12H2,(H,27,33)/t13-,19+/m0/s1. The first kappa shape index (κ1) is 20.6. The zero-order chi connectivity index (χ0) is 23.1. The minimum Gasteiger partial charge on any atom is -0.390 e. The third kappa shape index (κ3) is 3.47. The van der Waals surface area contributed by atoms with Gasteiger partial charge in [-0.1, -0.05) is 6.07 Å². The summed E-state index contributed by atoms with van der Waals surface area (Å²) in [5.74, 6) is -0.719. The number of halogens is 1. The lowest BCUT2D eigenvalue weighted by atomic mass is 9.95. The lowest BCUT2D eigenvalue weighted by Crippen LogP contribution is -2.43. The predicted octanol–water partition coefficient (Wildman–Crippen LogP) is 1.90. The van der Waals surface area contributed by atoms with Crippen LogP contribution >= 0.6 is 0 Å². The van der Waals surface area contributed by atoms with Crippen LogP contribution in [0.2, 0.25) is 0 Å². The van der Waals surface area contributed by atoms with Crippen molar-refractivity contribution in [3.05, 3.63) is 59.2 Å².